The number of thiophene rings is 1. The molecule has 0 unspecified atom stereocenters. The number of sulfone groups is 1. The number of esters is 2. The lowest BCUT2D eigenvalue weighted by Crippen LogP contribution is -2.28. The first-order valence-corrected chi connectivity index (χ1v) is 16.4. The van der Waals surface area contributed by atoms with E-state index >= 15 is 0 Å². The second-order valence-corrected chi connectivity index (χ2v) is 13.9. The fraction of sp³-hybridized carbons (Fsp3) is 0.107. The number of hydrogen-bond acceptors (Lipinski definition) is 10. The van der Waals surface area contributed by atoms with Gasteiger partial charge < -0.3 is 15.2 Å². The summed E-state index contributed by atoms with van der Waals surface area (Å²) < 4.78 is 101. The van der Waals surface area contributed by atoms with Crippen molar-refractivity contribution in [3.63, 3.8) is 0 Å². The van der Waals surface area contributed by atoms with Crippen molar-refractivity contribution in [2.45, 2.75) is 26.6 Å². The number of rotatable bonds is 11. The highest BCUT2D eigenvalue weighted by Gasteiger charge is 2.43. The number of carbonyl (C=O) groups excluding carboxylic acids is 2. The third kappa shape index (κ3) is 8.05. The van der Waals surface area contributed by atoms with Crippen LogP contribution in [0.25, 0.3) is 0 Å². The van der Waals surface area contributed by atoms with Crippen molar-refractivity contribution in [2.75, 3.05) is 11.3 Å². The molecule has 0 fully saturated rings. The zero-order valence-corrected chi connectivity index (χ0v) is 25.1. The number of benzene rings is 3. The van der Waals surface area contributed by atoms with Crippen LogP contribution < -0.4 is 15.2 Å². The first kappa shape index (κ1) is 33.2. The van der Waals surface area contributed by atoms with Gasteiger partial charge in [-0.2, -0.15) is 13.2 Å². The number of ether oxygens (including phenoxy) is 2. The molecule has 0 amide bonds. The van der Waals surface area contributed by atoms with Crippen LogP contribution in [0, 0.1) is 5.41 Å². The molecule has 0 saturated heterocycles. The molecule has 3 aromatic carbocycles. The molecule has 1 heterocycles. The van der Waals surface area contributed by atoms with Gasteiger partial charge in [-0.15, -0.1) is 11.3 Å². The Morgan fingerprint density at radius 3 is 2.20 bits per heavy atom. The van der Waals surface area contributed by atoms with Crippen molar-refractivity contribution >= 4 is 54.7 Å². The number of nitrogens with one attached hydrogen (secondary N) is 2. The van der Waals surface area contributed by atoms with Crippen molar-refractivity contribution in [3.05, 3.63) is 101 Å². The average molecular weight is 682 g/mol. The number of hydrogen-bond donors (Lipinski definition) is 3. The van der Waals surface area contributed by atoms with E-state index in [1.54, 1.807) is 30.3 Å². The number of amidine groups is 1. The highest BCUT2D eigenvalue weighted by atomic mass is 32.2. The van der Waals surface area contributed by atoms with Gasteiger partial charge >= 0.3 is 18.1 Å². The summed E-state index contributed by atoms with van der Waals surface area (Å²) in [4.78, 5) is 23.6. The smallest absolute Gasteiger partial charge is 0.491 e. The summed E-state index contributed by atoms with van der Waals surface area (Å²) >= 11 is 0.599. The monoisotopic (exact) mass is 681 g/mol. The van der Waals surface area contributed by atoms with Crippen LogP contribution in [0.1, 0.15) is 21.5 Å². The van der Waals surface area contributed by atoms with E-state index in [1.165, 1.54) is 24.3 Å². The molecule has 45 heavy (non-hydrogen) atoms. The predicted octanol–water partition coefficient (Wildman–Crippen LogP) is 4.53. The maximum atomic E-state index is 13.1. The Hall–Kier alpha value is -4.74. The molecular formula is C28H22F3N3O8S3. The molecule has 4 rings (SSSR count). The number of nitrogens with two attached hydrogens (primary N) is 1. The molecular weight excluding hydrogens is 660 g/mol. The third-order valence-electron chi connectivity index (χ3n) is 5.96. The van der Waals surface area contributed by atoms with Gasteiger partial charge in [0.1, 0.15) is 21.4 Å². The Bertz CT molecular complexity index is 1960. The number of nitrogen functional groups attached to an aromatic ring is 1. The SMILES string of the molecule is N=C(N)c1ccc(CCOc2ccc(NS(=O)(=O)c3cc(S(=O)(=O)c4ccccc4)cs3)cc2C(=O)OC(=O)C(F)(F)F)cc1. The maximum absolute atomic E-state index is 13.1. The molecule has 0 radical (unpaired) electrons. The van der Waals surface area contributed by atoms with Gasteiger partial charge in [0.15, 0.2) is 0 Å². The van der Waals surface area contributed by atoms with Crippen LogP contribution in [0.5, 0.6) is 5.75 Å². The highest BCUT2D eigenvalue weighted by Crippen LogP contribution is 2.31. The summed E-state index contributed by atoms with van der Waals surface area (Å²) in [5.41, 5.74) is 5.61. The van der Waals surface area contributed by atoms with Crippen LogP contribution in [-0.2, 0) is 35.8 Å². The summed E-state index contributed by atoms with van der Waals surface area (Å²) in [7, 11) is -8.49. The van der Waals surface area contributed by atoms with Gasteiger partial charge in [0.05, 0.1) is 16.4 Å². The molecule has 17 heteroatoms. The molecule has 236 valence electrons. The van der Waals surface area contributed by atoms with Crippen molar-refractivity contribution < 1.29 is 49.1 Å². The molecule has 11 nitrogen and oxygen atoms in total. The largest absolute Gasteiger partial charge is 0.492 e. The van der Waals surface area contributed by atoms with Gasteiger partial charge in [0.25, 0.3) is 10.0 Å². The average Bonchev–Trinajstić information content (AvgIpc) is 3.51. The number of anilines is 1. The summed E-state index contributed by atoms with van der Waals surface area (Å²) in [6.45, 7) is -0.105. The lowest BCUT2D eigenvalue weighted by Gasteiger charge is -2.14. The Labute approximate surface area is 258 Å². The van der Waals surface area contributed by atoms with E-state index in [1.807, 2.05) is 0 Å². The third-order valence-corrected chi connectivity index (χ3v) is 10.7. The number of carbonyl (C=O) groups is 2. The zero-order chi connectivity index (χ0) is 33.0. The van der Waals surface area contributed by atoms with Gasteiger partial charge in [-0.25, -0.2) is 26.4 Å². The topological polar surface area (TPSA) is 183 Å². The van der Waals surface area contributed by atoms with E-state index in [0.717, 1.165) is 35.2 Å². The normalized spacial score (nSPS) is 11.9. The van der Waals surface area contributed by atoms with Gasteiger partial charge in [-0.3, -0.25) is 10.1 Å². The maximum Gasteiger partial charge on any atom is 0.491 e. The molecule has 1 aromatic heterocycles. The lowest BCUT2D eigenvalue weighted by molar-refractivity contribution is -0.193. The molecule has 0 atom stereocenters. The molecule has 0 aliphatic heterocycles. The minimum atomic E-state index is -5.49. The van der Waals surface area contributed by atoms with Crippen LogP contribution >= 0.6 is 11.3 Å². The second kappa shape index (κ2) is 13.1. The quantitative estimate of drug-likeness (QED) is 0.0886. The van der Waals surface area contributed by atoms with Gasteiger partial charge in [-0.05, 0) is 42.0 Å². The van der Waals surface area contributed by atoms with Crippen molar-refractivity contribution in [1.82, 2.24) is 0 Å². The molecule has 0 aliphatic carbocycles. The van der Waals surface area contributed by atoms with Crippen LogP contribution in [0.3, 0.4) is 0 Å². The standard InChI is InChI=1S/C28H22F3N3O8S3/c29-28(30,31)27(36)42-26(35)22-14-19(10-11-23(22)41-13-12-17-6-8-18(9-7-17)25(32)33)34-45(39,40)24-15-21(16-43-24)44(37,38)20-4-2-1-3-5-20/h1-11,14-16,34H,12-13H2,(H3,32,33). The van der Waals surface area contributed by atoms with Gasteiger partial charge in [-0.1, -0.05) is 42.5 Å². The molecule has 0 aliphatic rings. The van der Waals surface area contributed by atoms with E-state index in [0.29, 0.717) is 16.9 Å². The minimum Gasteiger partial charge on any atom is -0.492 e. The number of sulfonamides is 1. The molecule has 4 N–H and O–H groups in total. The minimum absolute atomic E-state index is 0.0556. The molecule has 0 bridgehead atoms. The van der Waals surface area contributed by atoms with E-state index in [4.69, 9.17) is 15.9 Å². The van der Waals surface area contributed by atoms with Crippen molar-refractivity contribution in [1.29, 1.82) is 5.41 Å². The van der Waals surface area contributed by atoms with Gasteiger partial charge in [0.2, 0.25) is 9.84 Å². The Balaban J connectivity index is 1.57. The van der Waals surface area contributed by atoms with Crippen LogP contribution in [-0.4, -0.2) is 47.4 Å². The Kier molecular flexibility index (Phi) is 9.65. The van der Waals surface area contributed by atoms with Crippen LogP contribution in [0.15, 0.2) is 98.2 Å². The molecule has 0 spiro atoms. The summed E-state index contributed by atoms with van der Waals surface area (Å²) in [5.74, 6) is -5.00. The highest BCUT2D eigenvalue weighted by molar-refractivity contribution is 7.95. The Morgan fingerprint density at radius 1 is 0.911 bits per heavy atom. The van der Waals surface area contributed by atoms with E-state index in [-0.39, 0.29) is 40.1 Å². The zero-order valence-electron chi connectivity index (χ0n) is 22.7. The number of alkyl halides is 3. The van der Waals surface area contributed by atoms with Crippen LogP contribution in [0.2, 0.25) is 0 Å². The second-order valence-electron chi connectivity index (χ2n) is 9.12. The fourth-order valence-electron chi connectivity index (χ4n) is 3.73. The predicted molar refractivity (Wildman–Crippen MR) is 157 cm³/mol. The fourth-order valence-corrected chi connectivity index (χ4v) is 7.68. The lowest BCUT2D eigenvalue weighted by atomic mass is 10.1. The Morgan fingerprint density at radius 2 is 1.58 bits per heavy atom. The van der Waals surface area contributed by atoms with E-state index in [2.05, 4.69) is 9.46 Å². The summed E-state index contributed by atoms with van der Waals surface area (Å²) in [6, 6.07) is 17.8. The number of halogens is 3. The van der Waals surface area contributed by atoms with Crippen molar-refractivity contribution in [2.24, 2.45) is 5.73 Å². The first-order chi connectivity index (χ1) is 21.1. The van der Waals surface area contributed by atoms with E-state index in [9.17, 15) is 39.6 Å². The molecule has 0 saturated carbocycles. The van der Waals surface area contributed by atoms with E-state index < -0.39 is 47.7 Å². The van der Waals surface area contributed by atoms with Gasteiger partial charge in [0, 0.05) is 23.1 Å². The first-order valence-electron chi connectivity index (χ1n) is 12.5. The molecule has 4 aromatic rings. The summed E-state index contributed by atoms with van der Waals surface area (Å²) in [6.07, 6.45) is -5.24. The van der Waals surface area contributed by atoms with Crippen LogP contribution in [0.4, 0.5) is 18.9 Å². The summed E-state index contributed by atoms with van der Waals surface area (Å²) in [5, 5.41) is 8.57. The van der Waals surface area contributed by atoms with Crippen molar-refractivity contribution in [3.8, 4) is 5.75 Å².